The number of anilines is 1. The highest BCUT2D eigenvalue weighted by Crippen LogP contribution is 2.31. The number of hydrogen-bond donors (Lipinski definition) is 1. The number of nitrogen functional groups attached to an aromatic ring is 1. The molecule has 0 radical (unpaired) electrons. The molecule has 8 heteroatoms. The molecule has 0 bridgehead atoms. The van der Waals surface area contributed by atoms with Gasteiger partial charge in [0.05, 0.1) is 0 Å². The zero-order valence-electron chi connectivity index (χ0n) is 20.1. The zero-order chi connectivity index (χ0) is 25.1. The molecule has 2 N–H and O–H groups in total. The number of likely N-dealkylation sites (tertiary alicyclic amines) is 2. The first-order chi connectivity index (χ1) is 17.5. The van der Waals surface area contributed by atoms with Gasteiger partial charge in [0, 0.05) is 52.1 Å². The summed E-state index contributed by atoms with van der Waals surface area (Å²) >= 11 is 12.5. The molecule has 1 aromatic heterocycles. The van der Waals surface area contributed by atoms with Crippen molar-refractivity contribution in [3.8, 4) is 16.9 Å². The minimum atomic E-state index is 0.0949. The minimum Gasteiger partial charge on any atom is -0.485 e. The lowest BCUT2D eigenvalue weighted by Gasteiger charge is -2.36. The molecule has 0 aliphatic carbocycles. The van der Waals surface area contributed by atoms with Crippen LogP contribution >= 0.6 is 23.2 Å². The molecule has 2 aliphatic rings. The molecular formula is C28H30Cl2N4O2. The maximum absolute atomic E-state index is 13.1. The van der Waals surface area contributed by atoms with E-state index in [-0.39, 0.29) is 18.3 Å². The Bertz CT molecular complexity index is 1200. The van der Waals surface area contributed by atoms with E-state index < -0.39 is 0 Å². The number of carbonyl (C=O) groups excluding carboxylic acids is 1. The second kappa shape index (κ2) is 11.1. The maximum atomic E-state index is 13.1. The molecule has 0 unspecified atom stereocenters. The molecule has 2 aliphatic heterocycles. The zero-order valence-corrected chi connectivity index (χ0v) is 21.6. The highest BCUT2D eigenvalue weighted by atomic mass is 35.5. The largest absolute Gasteiger partial charge is 0.485 e. The van der Waals surface area contributed by atoms with Crippen molar-refractivity contribution >= 4 is 34.9 Å². The number of hydrogen-bond acceptors (Lipinski definition) is 5. The number of nitrogens with two attached hydrogens (primary N) is 1. The first kappa shape index (κ1) is 24.9. The van der Waals surface area contributed by atoms with Gasteiger partial charge >= 0.3 is 0 Å². The summed E-state index contributed by atoms with van der Waals surface area (Å²) in [5, 5.41) is 1.07. The average molecular weight is 525 g/mol. The molecule has 36 heavy (non-hydrogen) atoms. The summed E-state index contributed by atoms with van der Waals surface area (Å²) < 4.78 is 5.91. The molecule has 0 saturated carbocycles. The van der Waals surface area contributed by atoms with E-state index in [9.17, 15) is 4.79 Å². The summed E-state index contributed by atoms with van der Waals surface area (Å²) in [6, 6.07) is 15.4. The standard InChI is InChI=1S/C28H30Cl2N4O2/c29-24-4-3-5-25(30)23(24)18-36-26-16-21(17-32-27(26)31)19-6-8-20(9-7-19)28(35)34-14-10-22(11-15-34)33-12-1-2-13-33/h3-9,16-17,22H,1-2,10-15,18H2,(H2,31,32). The summed E-state index contributed by atoms with van der Waals surface area (Å²) in [5.74, 6) is 0.827. The van der Waals surface area contributed by atoms with E-state index in [0.717, 1.165) is 37.1 Å². The summed E-state index contributed by atoms with van der Waals surface area (Å²) in [7, 11) is 0. The number of aromatic nitrogens is 1. The lowest BCUT2D eigenvalue weighted by Crippen LogP contribution is -2.45. The van der Waals surface area contributed by atoms with Crippen molar-refractivity contribution in [3.63, 3.8) is 0 Å². The number of pyridine rings is 1. The van der Waals surface area contributed by atoms with Gasteiger partial charge in [-0.15, -0.1) is 0 Å². The Morgan fingerprint density at radius 2 is 1.64 bits per heavy atom. The number of nitrogens with zero attached hydrogens (tertiary/aromatic N) is 3. The molecular weight excluding hydrogens is 495 g/mol. The van der Waals surface area contributed by atoms with Gasteiger partial charge in [0.15, 0.2) is 11.6 Å². The first-order valence-corrected chi connectivity index (χ1v) is 13.2. The van der Waals surface area contributed by atoms with Crippen LogP contribution in [0, 0.1) is 0 Å². The number of piperidine rings is 1. The van der Waals surface area contributed by atoms with Crippen molar-refractivity contribution < 1.29 is 9.53 Å². The molecule has 3 heterocycles. The minimum absolute atomic E-state index is 0.0949. The highest BCUT2D eigenvalue weighted by Gasteiger charge is 2.28. The van der Waals surface area contributed by atoms with Gasteiger partial charge in [-0.2, -0.15) is 0 Å². The number of rotatable bonds is 6. The molecule has 6 nitrogen and oxygen atoms in total. The molecule has 2 aromatic carbocycles. The molecule has 0 atom stereocenters. The van der Waals surface area contributed by atoms with Crippen molar-refractivity contribution in [1.29, 1.82) is 0 Å². The second-order valence-electron chi connectivity index (χ2n) is 9.44. The maximum Gasteiger partial charge on any atom is 0.253 e. The third-order valence-electron chi connectivity index (χ3n) is 7.19. The Morgan fingerprint density at radius 3 is 2.31 bits per heavy atom. The van der Waals surface area contributed by atoms with Gasteiger partial charge in [0.1, 0.15) is 6.61 Å². The second-order valence-corrected chi connectivity index (χ2v) is 10.3. The van der Waals surface area contributed by atoms with E-state index in [1.165, 1.54) is 25.9 Å². The molecule has 0 spiro atoms. The number of ether oxygens (including phenoxy) is 1. The molecule has 2 fully saturated rings. The van der Waals surface area contributed by atoms with Crippen molar-refractivity contribution in [2.75, 3.05) is 31.9 Å². The van der Waals surface area contributed by atoms with Crippen LogP contribution in [0.15, 0.2) is 54.7 Å². The van der Waals surface area contributed by atoms with Crippen LogP contribution in [0.3, 0.4) is 0 Å². The molecule has 188 valence electrons. The number of benzene rings is 2. The van der Waals surface area contributed by atoms with Crippen molar-refractivity contribution in [3.05, 3.63) is 75.9 Å². The molecule has 3 aromatic rings. The Hall–Kier alpha value is -2.80. The number of amides is 1. The van der Waals surface area contributed by atoms with Crippen molar-refractivity contribution in [2.45, 2.75) is 38.3 Å². The van der Waals surface area contributed by atoms with E-state index in [1.54, 1.807) is 24.4 Å². The Kier molecular flexibility index (Phi) is 7.65. The molecule has 5 rings (SSSR count). The van der Waals surface area contributed by atoms with E-state index in [1.807, 2.05) is 35.2 Å². The summed E-state index contributed by atoms with van der Waals surface area (Å²) in [4.78, 5) is 22.0. The van der Waals surface area contributed by atoms with E-state index in [0.29, 0.717) is 33.0 Å². The van der Waals surface area contributed by atoms with Gasteiger partial charge in [-0.05, 0) is 74.7 Å². The third kappa shape index (κ3) is 5.46. The predicted molar refractivity (Wildman–Crippen MR) is 145 cm³/mol. The monoisotopic (exact) mass is 524 g/mol. The van der Waals surface area contributed by atoms with Crippen molar-refractivity contribution in [1.82, 2.24) is 14.8 Å². The topological polar surface area (TPSA) is 71.7 Å². The first-order valence-electron chi connectivity index (χ1n) is 12.4. The fourth-order valence-electron chi connectivity index (χ4n) is 5.08. The third-order valence-corrected chi connectivity index (χ3v) is 7.90. The smallest absolute Gasteiger partial charge is 0.253 e. The summed E-state index contributed by atoms with van der Waals surface area (Å²) in [6.45, 7) is 4.23. The van der Waals surface area contributed by atoms with Crippen LogP contribution < -0.4 is 10.5 Å². The normalized spacial score (nSPS) is 16.9. The average Bonchev–Trinajstić information content (AvgIpc) is 3.44. The van der Waals surface area contributed by atoms with Gasteiger partial charge in [0.2, 0.25) is 0 Å². The van der Waals surface area contributed by atoms with Gasteiger partial charge in [-0.3, -0.25) is 4.79 Å². The van der Waals surface area contributed by atoms with Crippen LogP contribution in [-0.2, 0) is 6.61 Å². The predicted octanol–water partition coefficient (Wildman–Crippen LogP) is 5.92. The van der Waals surface area contributed by atoms with Crippen LogP contribution in [0.4, 0.5) is 5.82 Å². The molecule has 1 amide bonds. The van der Waals surface area contributed by atoms with E-state index >= 15 is 0 Å². The van der Waals surface area contributed by atoms with Crippen LogP contribution in [0.2, 0.25) is 10.0 Å². The van der Waals surface area contributed by atoms with Crippen LogP contribution in [0.5, 0.6) is 5.75 Å². The van der Waals surface area contributed by atoms with E-state index in [4.69, 9.17) is 33.7 Å². The fraction of sp³-hybridized carbons (Fsp3) is 0.357. The number of halogens is 2. The summed E-state index contributed by atoms with van der Waals surface area (Å²) in [5.41, 5.74) is 9.21. The van der Waals surface area contributed by atoms with Gasteiger partial charge in [0.25, 0.3) is 5.91 Å². The van der Waals surface area contributed by atoms with Gasteiger partial charge in [-0.25, -0.2) is 4.98 Å². The fourth-order valence-corrected chi connectivity index (χ4v) is 5.58. The molecule has 2 saturated heterocycles. The highest BCUT2D eigenvalue weighted by molar-refractivity contribution is 6.35. The van der Waals surface area contributed by atoms with Gasteiger partial charge in [-0.1, -0.05) is 41.4 Å². The van der Waals surface area contributed by atoms with E-state index in [2.05, 4.69) is 9.88 Å². The Balaban J connectivity index is 1.23. The number of carbonyl (C=O) groups is 1. The Labute approximate surface area is 222 Å². The van der Waals surface area contributed by atoms with Crippen molar-refractivity contribution in [2.24, 2.45) is 0 Å². The van der Waals surface area contributed by atoms with Crippen LogP contribution in [0.1, 0.15) is 41.6 Å². The summed E-state index contributed by atoms with van der Waals surface area (Å²) in [6.07, 6.45) is 6.42. The SMILES string of the molecule is Nc1ncc(-c2ccc(C(=O)N3CCC(N4CCCC4)CC3)cc2)cc1OCc1c(Cl)cccc1Cl. The van der Waals surface area contributed by atoms with Crippen LogP contribution in [0.25, 0.3) is 11.1 Å². The lowest BCUT2D eigenvalue weighted by atomic mass is 10.0. The quantitative estimate of drug-likeness (QED) is 0.433. The van der Waals surface area contributed by atoms with Gasteiger partial charge < -0.3 is 20.3 Å². The van der Waals surface area contributed by atoms with Crippen LogP contribution in [-0.4, -0.2) is 52.9 Å². The lowest BCUT2D eigenvalue weighted by molar-refractivity contribution is 0.0644. The Morgan fingerprint density at radius 1 is 0.972 bits per heavy atom.